The first kappa shape index (κ1) is 20.8. The zero-order chi connectivity index (χ0) is 21.8. The first-order valence-electron chi connectivity index (χ1n) is 10.0. The first-order valence-corrected chi connectivity index (χ1v) is 10.4. The van der Waals surface area contributed by atoms with Crippen molar-refractivity contribution in [1.82, 2.24) is 15.0 Å². The Bertz CT molecular complexity index is 1150. The molecule has 0 saturated carbocycles. The minimum Gasteiger partial charge on any atom is -0.337 e. The molecule has 1 amide bonds. The van der Waals surface area contributed by atoms with Crippen LogP contribution in [0.4, 0.5) is 23.3 Å². The van der Waals surface area contributed by atoms with Gasteiger partial charge in [0.2, 0.25) is 17.8 Å². The van der Waals surface area contributed by atoms with E-state index in [4.69, 9.17) is 11.6 Å². The molecule has 0 spiro atoms. The molecule has 7 nitrogen and oxygen atoms in total. The van der Waals surface area contributed by atoms with E-state index in [1.54, 1.807) is 0 Å². The van der Waals surface area contributed by atoms with E-state index in [1.165, 1.54) is 18.8 Å². The van der Waals surface area contributed by atoms with E-state index in [9.17, 15) is 4.79 Å². The molecule has 1 aromatic heterocycles. The molecule has 2 N–H and O–H groups in total. The molecule has 2 aromatic carbocycles. The van der Waals surface area contributed by atoms with Gasteiger partial charge in [0.15, 0.2) is 0 Å². The summed E-state index contributed by atoms with van der Waals surface area (Å²) < 4.78 is 0. The fraction of sp³-hybridized carbons (Fsp3) is 0.217. The molecule has 2 heterocycles. The SMILES string of the molecule is CC(=O)Nc1cccc(Nc2ncnc(N3CC=C(c4cccc(Cl)c4)CC3)n2)c1C. The monoisotopic (exact) mass is 434 g/mol. The Morgan fingerprint density at radius 2 is 1.94 bits per heavy atom. The minimum atomic E-state index is -0.113. The number of rotatable bonds is 5. The number of hydrogen-bond donors (Lipinski definition) is 2. The quantitative estimate of drug-likeness (QED) is 0.598. The molecule has 3 aromatic rings. The van der Waals surface area contributed by atoms with Gasteiger partial charge in [-0.15, -0.1) is 0 Å². The van der Waals surface area contributed by atoms with Crippen molar-refractivity contribution in [3.8, 4) is 0 Å². The molecular formula is C23H23ClN6O. The number of carbonyl (C=O) groups is 1. The summed E-state index contributed by atoms with van der Waals surface area (Å²) in [6, 6.07) is 13.6. The highest BCUT2D eigenvalue weighted by Crippen LogP contribution is 2.28. The maximum absolute atomic E-state index is 11.4. The average molecular weight is 435 g/mol. The first-order chi connectivity index (χ1) is 15.0. The number of nitrogens with zero attached hydrogens (tertiary/aromatic N) is 4. The van der Waals surface area contributed by atoms with E-state index >= 15 is 0 Å². The number of hydrogen-bond acceptors (Lipinski definition) is 6. The summed E-state index contributed by atoms with van der Waals surface area (Å²) in [5.74, 6) is 0.963. The van der Waals surface area contributed by atoms with Crippen molar-refractivity contribution in [3.05, 3.63) is 71.0 Å². The summed E-state index contributed by atoms with van der Waals surface area (Å²) >= 11 is 6.13. The van der Waals surface area contributed by atoms with Gasteiger partial charge in [-0.25, -0.2) is 9.97 Å². The van der Waals surface area contributed by atoms with E-state index in [0.29, 0.717) is 18.4 Å². The molecule has 31 heavy (non-hydrogen) atoms. The van der Waals surface area contributed by atoms with Crippen LogP contribution in [0, 0.1) is 6.92 Å². The molecule has 0 fully saturated rings. The summed E-state index contributed by atoms with van der Waals surface area (Å²) in [6.45, 7) is 4.94. The second-order valence-electron chi connectivity index (χ2n) is 7.33. The van der Waals surface area contributed by atoms with Crippen LogP contribution in [0.15, 0.2) is 54.9 Å². The van der Waals surface area contributed by atoms with Gasteiger partial charge >= 0.3 is 0 Å². The average Bonchev–Trinajstić information content (AvgIpc) is 2.77. The predicted octanol–water partition coefficient (Wildman–Crippen LogP) is 4.83. The Kier molecular flexibility index (Phi) is 6.13. The number of anilines is 4. The van der Waals surface area contributed by atoms with Gasteiger partial charge in [-0.1, -0.05) is 35.9 Å². The van der Waals surface area contributed by atoms with Gasteiger partial charge in [-0.3, -0.25) is 4.79 Å². The maximum atomic E-state index is 11.4. The normalized spacial score (nSPS) is 13.5. The van der Waals surface area contributed by atoms with Crippen LogP contribution in [-0.2, 0) is 4.79 Å². The highest BCUT2D eigenvalue weighted by atomic mass is 35.5. The number of nitrogens with one attached hydrogen (secondary N) is 2. The van der Waals surface area contributed by atoms with Crippen molar-refractivity contribution < 1.29 is 4.79 Å². The van der Waals surface area contributed by atoms with Crippen LogP contribution >= 0.6 is 11.6 Å². The summed E-state index contributed by atoms with van der Waals surface area (Å²) in [7, 11) is 0. The van der Waals surface area contributed by atoms with Gasteiger partial charge in [0.25, 0.3) is 0 Å². The summed E-state index contributed by atoms with van der Waals surface area (Å²) in [5.41, 5.74) is 4.91. The Morgan fingerprint density at radius 3 is 2.68 bits per heavy atom. The smallest absolute Gasteiger partial charge is 0.232 e. The summed E-state index contributed by atoms with van der Waals surface area (Å²) in [4.78, 5) is 26.7. The van der Waals surface area contributed by atoms with Crippen molar-refractivity contribution in [3.63, 3.8) is 0 Å². The van der Waals surface area contributed by atoms with E-state index in [1.807, 2.05) is 43.3 Å². The van der Waals surface area contributed by atoms with Crippen LogP contribution < -0.4 is 15.5 Å². The Morgan fingerprint density at radius 1 is 1.13 bits per heavy atom. The van der Waals surface area contributed by atoms with Gasteiger partial charge < -0.3 is 15.5 Å². The standard InChI is InChI=1S/C23H23ClN6O/c1-15-20(27-16(2)31)7-4-8-21(15)28-22-25-14-26-23(29-22)30-11-9-17(10-12-30)18-5-3-6-19(24)13-18/h3-9,13-14H,10-12H2,1-2H3,(H,27,31)(H,25,26,28,29). The predicted molar refractivity (Wildman–Crippen MR) is 125 cm³/mol. The molecular weight excluding hydrogens is 412 g/mol. The van der Waals surface area contributed by atoms with E-state index in [2.05, 4.69) is 42.6 Å². The molecule has 1 aliphatic heterocycles. The van der Waals surface area contributed by atoms with Crippen molar-refractivity contribution >= 4 is 46.4 Å². The van der Waals surface area contributed by atoms with Crippen molar-refractivity contribution in [2.75, 3.05) is 28.6 Å². The molecule has 0 bridgehead atoms. The van der Waals surface area contributed by atoms with Gasteiger partial charge in [0.1, 0.15) is 6.33 Å². The number of carbonyl (C=O) groups excluding carboxylic acids is 1. The lowest BCUT2D eigenvalue weighted by molar-refractivity contribution is -0.114. The number of benzene rings is 2. The number of halogens is 1. The Labute approximate surface area is 186 Å². The third-order valence-corrected chi connectivity index (χ3v) is 5.37. The molecule has 0 radical (unpaired) electrons. The highest BCUT2D eigenvalue weighted by molar-refractivity contribution is 6.30. The molecule has 0 atom stereocenters. The molecule has 4 rings (SSSR count). The lowest BCUT2D eigenvalue weighted by Crippen LogP contribution is -2.30. The zero-order valence-electron chi connectivity index (χ0n) is 17.4. The molecule has 1 aliphatic rings. The summed E-state index contributed by atoms with van der Waals surface area (Å²) in [6.07, 6.45) is 4.58. The third-order valence-electron chi connectivity index (χ3n) is 5.14. The fourth-order valence-corrected chi connectivity index (χ4v) is 3.71. The van der Waals surface area contributed by atoms with Gasteiger partial charge in [-0.2, -0.15) is 4.98 Å². The van der Waals surface area contributed by atoms with Crippen molar-refractivity contribution in [1.29, 1.82) is 0 Å². The largest absolute Gasteiger partial charge is 0.337 e. The topological polar surface area (TPSA) is 83.0 Å². The lowest BCUT2D eigenvalue weighted by atomic mass is 10.00. The third kappa shape index (κ3) is 5.00. The molecule has 8 heteroatoms. The number of amides is 1. The van der Waals surface area contributed by atoms with E-state index in [0.717, 1.165) is 40.5 Å². The van der Waals surface area contributed by atoms with Crippen LogP contribution in [0.2, 0.25) is 5.02 Å². The second kappa shape index (κ2) is 9.14. The minimum absolute atomic E-state index is 0.113. The van der Waals surface area contributed by atoms with Crippen LogP contribution in [-0.4, -0.2) is 33.9 Å². The van der Waals surface area contributed by atoms with Gasteiger partial charge in [0.05, 0.1) is 0 Å². The van der Waals surface area contributed by atoms with E-state index < -0.39 is 0 Å². The van der Waals surface area contributed by atoms with Gasteiger partial charge in [0, 0.05) is 36.4 Å². The lowest BCUT2D eigenvalue weighted by Gasteiger charge is -2.26. The van der Waals surface area contributed by atoms with Crippen LogP contribution in [0.5, 0.6) is 0 Å². The fourth-order valence-electron chi connectivity index (χ4n) is 3.52. The zero-order valence-corrected chi connectivity index (χ0v) is 18.1. The number of aromatic nitrogens is 3. The van der Waals surface area contributed by atoms with Crippen LogP contribution in [0.1, 0.15) is 24.5 Å². The second-order valence-corrected chi connectivity index (χ2v) is 7.77. The highest BCUT2D eigenvalue weighted by Gasteiger charge is 2.17. The molecule has 0 aliphatic carbocycles. The Hall–Kier alpha value is -3.45. The maximum Gasteiger partial charge on any atom is 0.232 e. The van der Waals surface area contributed by atoms with Crippen molar-refractivity contribution in [2.45, 2.75) is 20.3 Å². The molecule has 0 saturated heterocycles. The molecule has 0 unspecified atom stereocenters. The van der Waals surface area contributed by atoms with Crippen LogP contribution in [0.3, 0.4) is 0 Å². The Balaban J connectivity index is 1.49. The van der Waals surface area contributed by atoms with E-state index in [-0.39, 0.29) is 5.91 Å². The summed E-state index contributed by atoms with van der Waals surface area (Å²) in [5, 5.41) is 6.81. The van der Waals surface area contributed by atoms with Crippen LogP contribution in [0.25, 0.3) is 5.57 Å². The van der Waals surface area contributed by atoms with Crippen molar-refractivity contribution in [2.24, 2.45) is 0 Å². The molecule has 158 valence electrons. The van der Waals surface area contributed by atoms with Gasteiger partial charge in [-0.05, 0) is 54.3 Å².